The van der Waals surface area contributed by atoms with Crippen molar-refractivity contribution >= 4 is 21.6 Å². The van der Waals surface area contributed by atoms with E-state index in [1.807, 2.05) is 24.3 Å². The van der Waals surface area contributed by atoms with E-state index in [-0.39, 0.29) is 10.8 Å². The van der Waals surface area contributed by atoms with Crippen LogP contribution in [0.3, 0.4) is 0 Å². The number of ether oxygens (including phenoxy) is 1. The highest BCUT2D eigenvalue weighted by molar-refractivity contribution is 7.92. The van der Waals surface area contributed by atoms with E-state index >= 15 is 0 Å². The van der Waals surface area contributed by atoms with Crippen LogP contribution in [0, 0.1) is 0 Å². The Morgan fingerprint density at radius 2 is 1.71 bits per heavy atom. The molecule has 1 amide bonds. The van der Waals surface area contributed by atoms with Crippen LogP contribution < -0.4 is 10.0 Å². The van der Waals surface area contributed by atoms with Gasteiger partial charge >= 0.3 is 0 Å². The Bertz CT molecular complexity index is 1060. The third-order valence-electron chi connectivity index (χ3n) is 6.92. The van der Waals surface area contributed by atoms with Crippen molar-refractivity contribution in [3.8, 4) is 0 Å². The second-order valence-electron chi connectivity index (χ2n) is 9.22. The van der Waals surface area contributed by atoms with Crippen LogP contribution in [0.5, 0.6) is 0 Å². The normalized spacial score (nSPS) is 18.1. The van der Waals surface area contributed by atoms with Gasteiger partial charge in [0, 0.05) is 31.9 Å². The quantitative estimate of drug-likeness (QED) is 0.539. The largest absolute Gasteiger partial charge is 0.379 e. The number of carbonyl (C=O) groups excluding carboxylic acids is 1. The average Bonchev–Trinajstić information content (AvgIpc) is 2.81. The smallest absolute Gasteiger partial charge is 0.261 e. The third kappa shape index (κ3) is 5.62. The van der Waals surface area contributed by atoms with Gasteiger partial charge in [0.15, 0.2) is 0 Å². The lowest BCUT2D eigenvalue weighted by Crippen LogP contribution is -2.51. The standard InChI is InChI=1S/C26H35N3O4S/c1-2-4-21-5-11-24(12-6-21)34(31,32)28-23-9-7-22(8-10-23)26(13-3-14-26)25(30)27-15-16-29-17-19-33-20-18-29/h5-12,28H,2-4,13-20H2,1H3,(H,27,30). The summed E-state index contributed by atoms with van der Waals surface area (Å²) in [5, 5.41) is 3.13. The molecule has 0 aromatic heterocycles. The number of nitrogens with one attached hydrogen (secondary N) is 2. The van der Waals surface area contributed by atoms with Crippen LogP contribution >= 0.6 is 0 Å². The second kappa shape index (κ2) is 10.9. The van der Waals surface area contributed by atoms with Crippen LogP contribution in [0.4, 0.5) is 5.69 Å². The average molecular weight is 486 g/mol. The topological polar surface area (TPSA) is 87.7 Å². The number of nitrogens with zero attached hydrogens (tertiary/aromatic N) is 1. The molecule has 2 aromatic carbocycles. The Morgan fingerprint density at radius 3 is 2.29 bits per heavy atom. The maximum absolute atomic E-state index is 13.1. The first-order chi connectivity index (χ1) is 16.4. The highest BCUT2D eigenvalue weighted by Crippen LogP contribution is 2.44. The van der Waals surface area contributed by atoms with E-state index in [0.717, 1.165) is 76.1 Å². The Balaban J connectivity index is 1.37. The molecule has 0 radical (unpaired) electrons. The van der Waals surface area contributed by atoms with Crippen LogP contribution in [0.25, 0.3) is 0 Å². The van der Waals surface area contributed by atoms with Gasteiger partial charge in [-0.05, 0) is 54.7 Å². The molecule has 1 saturated heterocycles. The Hall–Kier alpha value is -2.42. The maximum atomic E-state index is 13.1. The Kier molecular flexibility index (Phi) is 7.91. The minimum absolute atomic E-state index is 0.0625. The number of benzene rings is 2. The summed E-state index contributed by atoms with van der Waals surface area (Å²) in [4.78, 5) is 15.6. The fraction of sp³-hybridized carbons (Fsp3) is 0.500. The lowest BCUT2D eigenvalue weighted by Gasteiger charge is -2.41. The van der Waals surface area contributed by atoms with E-state index in [2.05, 4.69) is 21.9 Å². The summed E-state index contributed by atoms with van der Waals surface area (Å²) in [7, 11) is -3.67. The van der Waals surface area contributed by atoms with Gasteiger partial charge in [0.05, 0.1) is 23.5 Å². The molecule has 1 saturated carbocycles. The molecule has 0 spiro atoms. The van der Waals surface area contributed by atoms with Crippen molar-refractivity contribution in [1.29, 1.82) is 0 Å². The fourth-order valence-corrected chi connectivity index (χ4v) is 5.75. The van der Waals surface area contributed by atoms with Gasteiger partial charge in [-0.3, -0.25) is 14.4 Å². The van der Waals surface area contributed by atoms with E-state index in [1.54, 1.807) is 24.3 Å². The van der Waals surface area contributed by atoms with Crippen LogP contribution in [0.15, 0.2) is 53.4 Å². The van der Waals surface area contributed by atoms with Crippen molar-refractivity contribution in [2.24, 2.45) is 0 Å². The minimum Gasteiger partial charge on any atom is -0.379 e. The van der Waals surface area contributed by atoms with E-state index in [0.29, 0.717) is 12.2 Å². The molecule has 0 atom stereocenters. The van der Waals surface area contributed by atoms with E-state index in [1.165, 1.54) is 0 Å². The van der Waals surface area contributed by atoms with Crippen LogP contribution in [0.2, 0.25) is 0 Å². The third-order valence-corrected chi connectivity index (χ3v) is 8.32. The number of rotatable bonds is 10. The molecule has 0 bridgehead atoms. The van der Waals surface area contributed by atoms with Crippen molar-refractivity contribution < 1.29 is 17.9 Å². The van der Waals surface area contributed by atoms with Crippen LogP contribution in [-0.2, 0) is 31.4 Å². The Labute approximate surface area is 202 Å². The van der Waals surface area contributed by atoms with E-state index < -0.39 is 15.4 Å². The number of aryl methyl sites for hydroxylation is 1. The monoisotopic (exact) mass is 485 g/mol. The molecule has 2 N–H and O–H groups in total. The van der Waals surface area contributed by atoms with Gasteiger partial charge < -0.3 is 10.1 Å². The zero-order valence-electron chi connectivity index (χ0n) is 19.9. The number of morpholine rings is 1. The lowest BCUT2D eigenvalue weighted by atomic mass is 9.64. The SMILES string of the molecule is CCCc1ccc(S(=O)(=O)Nc2ccc(C3(C(=O)NCCN4CCOCC4)CCC3)cc2)cc1. The molecule has 8 heteroatoms. The van der Waals surface area contributed by atoms with Gasteiger partial charge in [-0.2, -0.15) is 0 Å². The summed E-state index contributed by atoms with van der Waals surface area (Å²) in [6.07, 6.45) is 4.58. The molecule has 2 aliphatic rings. The van der Waals surface area contributed by atoms with E-state index in [9.17, 15) is 13.2 Å². The van der Waals surface area contributed by atoms with Gasteiger partial charge in [0.1, 0.15) is 0 Å². The summed E-state index contributed by atoms with van der Waals surface area (Å²) < 4.78 is 33.6. The second-order valence-corrected chi connectivity index (χ2v) is 10.9. The zero-order chi connectivity index (χ0) is 24.0. The molecule has 1 aliphatic heterocycles. The zero-order valence-corrected chi connectivity index (χ0v) is 20.7. The van der Waals surface area contributed by atoms with Gasteiger partial charge in [-0.15, -0.1) is 0 Å². The van der Waals surface area contributed by atoms with Gasteiger partial charge in [-0.1, -0.05) is 44.0 Å². The first-order valence-corrected chi connectivity index (χ1v) is 13.7. The number of hydrogen-bond acceptors (Lipinski definition) is 5. The number of carbonyl (C=O) groups is 1. The van der Waals surface area contributed by atoms with Crippen molar-refractivity contribution in [3.05, 3.63) is 59.7 Å². The molecular formula is C26H35N3O4S. The summed E-state index contributed by atoms with van der Waals surface area (Å²) in [6, 6.07) is 14.3. The molecule has 0 unspecified atom stereocenters. The molecule has 1 heterocycles. The van der Waals surface area contributed by atoms with Crippen molar-refractivity contribution in [2.75, 3.05) is 44.1 Å². The summed E-state index contributed by atoms with van der Waals surface area (Å²) in [6.45, 7) is 6.85. The van der Waals surface area contributed by atoms with Crippen molar-refractivity contribution in [2.45, 2.75) is 49.3 Å². The highest BCUT2D eigenvalue weighted by Gasteiger charge is 2.45. The number of amides is 1. The molecule has 34 heavy (non-hydrogen) atoms. The molecule has 7 nitrogen and oxygen atoms in total. The first kappa shape index (κ1) is 24.7. The van der Waals surface area contributed by atoms with Crippen LogP contribution in [-0.4, -0.2) is 58.6 Å². The van der Waals surface area contributed by atoms with Gasteiger partial charge in [0.2, 0.25) is 5.91 Å². The summed E-state index contributed by atoms with van der Waals surface area (Å²) >= 11 is 0. The summed E-state index contributed by atoms with van der Waals surface area (Å²) in [5.74, 6) is 0.0625. The first-order valence-electron chi connectivity index (χ1n) is 12.2. The lowest BCUT2D eigenvalue weighted by molar-refractivity contribution is -0.130. The van der Waals surface area contributed by atoms with Crippen molar-refractivity contribution in [3.63, 3.8) is 0 Å². The molecule has 4 rings (SSSR count). The molecule has 1 aliphatic carbocycles. The number of sulfonamides is 1. The maximum Gasteiger partial charge on any atom is 0.261 e. The van der Waals surface area contributed by atoms with Gasteiger partial charge in [0.25, 0.3) is 10.0 Å². The molecule has 184 valence electrons. The van der Waals surface area contributed by atoms with Gasteiger partial charge in [-0.25, -0.2) is 8.42 Å². The molecule has 2 aromatic rings. The number of hydrogen-bond donors (Lipinski definition) is 2. The summed E-state index contributed by atoms with van der Waals surface area (Å²) in [5.41, 5.74) is 2.04. The Morgan fingerprint density at radius 1 is 1.03 bits per heavy atom. The minimum atomic E-state index is -3.67. The fourth-order valence-electron chi connectivity index (χ4n) is 4.69. The predicted octanol–water partition coefficient (Wildman–Crippen LogP) is 3.31. The van der Waals surface area contributed by atoms with Crippen LogP contribution in [0.1, 0.15) is 43.7 Å². The predicted molar refractivity (Wildman–Crippen MR) is 133 cm³/mol. The highest BCUT2D eigenvalue weighted by atomic mass is 32.2. The molecular weight excluding hydrogens is 450 g/mol. The van der Waals surface area contributed by atoms with Crippen molar-refractivity contribution in [1.82, 2.24) is 10.2 Å². The molecule has 2 fully saturated rings. The number of anilines is 1. The van der Waals surface area contributed by atoms with E-state index in [4.69, 9.17) is 4.74 Å².